The van der Waals surface area contributed by atoms with Crippen molar-refractivity contribution >= 4 is 34.4 Å². The van der Waals surface area contributed by atoms with E-state index < -0.39 is 0 Å². The van der Waals surface area contributed by atoms with Crippen LogP contribution in [0.15, 0.2) is 41.4 Å². The lowest BCUT2D eigenvalue weighted by Crippen LogP contribution is -2.38. The van der Waals surface area contributed by atoms with Gasteiger partial charge < -0.3 is 4.90 Å². The number of aryl methyl sites for hydroxylation is 1. The van der Waals surface area contributed by atoms with E-state index in [1.807, 2.05) is 49.6 Å². The van der Waals surface area contributed by atoms with Crippen molar-refractivity contribution in [2.45, 2.75) is 33.6 Å². The standard InChI is InChI=1S/C22H24N2O2S/c1-14-9-11-23(12-10-14)20-19(18-8-5-13-27-18)21(25)24(22(20)26)17-7-4-6-15(2)16(17)3/h4-8,13-14H,9-12H2,1-3H3. The van der Waals surface area contributed by atoms with E-state index in [4.69, 9.17) is 0 Å². The van der Waals surface area contributed by atoms with Gasteiger partial charge >= 0.3 is 0 Å². The number of carbonyl (C=O) groups excluding carboxylic acids is 2. The summed E-state index contributed by atoms with van der Waals surface area (Å²) < 4.78 is 0. The molecule has 27 heavy (non-hydrogen) atoms. The van der Waals surface area contributed by atoms with Crippen molar-refractivity contribution in [2.75, 3.05) is 18.0 Å². The highest BCUT2D eigenvalue weighted by Crippen LogP contribution is 2.39. The van der Waals surface area contributed by atoms with E-state index in [9.17, 15) is 9.59 Å². The minimum atomic E-state index is -0.204. The predicted octanol–water partition coefficient (Wildman–Crippen LogP) is 4.38. The molecule has 2 aliphatic heterocycles. The summed E-state index contributed by atoms with van der Waals surface area (Å²) in [5.74, 6) is 0.269. The molecule has 0 unspecified atom stereocenters. The normalized spacial score (nSPS) is 18.8. The van der Waals surface area contributed by atoms with Crippen LogP contribution < -0.4 is 4.90 Å². The average Bonchev–Trinajstić information content (AvgIpc) is 3.25. The van der Waals surface area contributed by atoms with Gasteiger partial charge in [0.1, 0.15) is 5.70 Å². The van der Waals surface area contributed by atoms with Crippen LogP contribution in [0.5, 0.6) is 0 Å². The van der Waals surface area contributed by atoms with Crippen LogP contribution in [-0.4, -0.2) is 29.8 Å². The van der Waals surface area contributed by atoms with Crippen molar-refractivity contribution in [3.05, 3.63) is 57.4 Å². The summed E-state index contributed by atoms with van der Waals surface area (Å²) in [4.78, 5) is 31.3. The molecule has 1 aromatic carbocycles. The number of carbonyl (C=O) groups is 2. The van der Waals surface area contributed by atoms with Crippen molar-refractivity contribution in [2.24, 2.45) is 5.92 Å². The van der Waals surface area contributed by atoms with E-state index in [0.717, 1.165) is 41.9 Å². The largest absolute Gasteiger partial charge is 0.366 e. The molecule has 1 aromatic heterocycles. The van der Waals surface area contributed by atoms with E-state index >= 15 is 0 Å². The third-order valence-corrected chi connectivity index (χ3v) is 6.63. The maximum atomic E-state index is 13.5. The summed E-state index contributed by atoms with van der Waals surface area (Å²) in [6, 6.07) is 9.64. The second-order valence-electron chi connectivity index (χ2n) is 7.54. The van der Waals surface area contributed by atoms with Crippen molar-refractivity contribution in [1.29, 1.82) is 0 Å². The Morgan fingerprint density at radius 1 is 1.00 bits per heavy atom. The first-order valence-corrected chi connectivity index (χ1v) is 10.3. The Bertz CT molecular complexity index is 922. The highest BCUT2D eigenvalue weighted by molar-refractivity contribution is 7.11. The fourth-order valence-corrected chi connectivity index (χ4v) is 4.65. The average molecular weight is 381 g/mol. The van der Waals surface area contributed by atoms with E-state index in [0.29, 0.717) is 22.9 Å². The number of likely N-dealkylation sites (tertiary alicyclic amines) is 1. The fraction of sp³-hybridized carbons (Fsp3) is 0.364. The van der Waals surface area contributed by atoms with Crippen LogP contribution in [-0.2, 0) is 9.59 Å². The molecule has 3 heterocycles. The molecule has 4 rings (SSSR count). The highest BCUT2D eigenvalue weighted by Gasteiger charge is 2.43. The molecule has 2 amide bonds. The third kappa shape index (κ3) is 3.00. The second kappa shape index (κ2) is 6.97. The predicted molar refractivity (Wildman–Crippen MR) is 110 cm³/mol. The number of thiophene rings is 1. The van der Waals surface area contributed by atoms with Gasteiger partial charge in [0.05, 0.1) is 11.3 Å². The summed E-state index contributed by atoms with van der Waals surface area (Å²) in [6.07, 6.45) is 2.10. The molecule has 0 aliphatic carbocycles. The van der Waals surface area contributed by atoms with Gasteiger partial charge in [-0.05, 0) is 61.2 Å². The first kappa shape index (κ1) is 18.0. The lowest BCUT2D eigenvalue weighted by Gasteiger charge is -2.32. The molecule has 5 heteroatoms. The minimum Gasteiger partial charge on any atom is -0.366 e. The Kier molecular flexibility index (Phi) is 4.64. The first-order chi connectivity index (χ1) is 13.0. The van der Waals surface area contributed by atoms with Crippen molar-refractivity contribution < 1.29 is 9.59 Å². The van der Waals surface area contributed by atoms with Gasteiger partial charge in [0.2, 0.25) is 0 Å². The lowest BCUT2D eigenvalue weighted by molar-refractivity contribution is -0.120. The Labute approximate surface area is 164 Å². The maximum Gasteiger partial charge on any atom is 0.282 e. The smallest absolute Gasteiger partial charge is 0.282 e. The molecule has 1 fully saturated rings. The van der Waals surface area contributed by atoms with Gasteiger partial charge in [0, 0.05) is 18.0 Å². The summed E-state index contributed by atoms with van der Waals surface area (Å²) in [5.41, 5.74) is 3.88. The molecular weight excluding hydrogens is 356 g/mol. The number of rotatable bonds is 3. The van der Waals surface area contributed by atoms with E-state index in [-0.39, 0.29) is 11.8 Å². The zero-order valence-corrected chi connectivity index (χ0v) is 16.8. The lowest BCUT2D eigenvalue weighted by atomic mass is 9.98. The van der Waals surface area contributed by atoms with E-state index in [2.05, 4.69) is 11.8 Å². The maximum absolute atomic E-state index is 13.5. The van der Waals surface area contributed by atoms with Crippen LogP contribution in [0, 0.1) is 19.8 Å². The number of nitrogens with zero attached hydrogens (tertiary/aromatic N) is 2. The van der Waals surface area contributed by atoms with Gasteiger partial charge in [-0.1, -0.05) is 25.1 Å². The van der Waals surface area contributed by atoms with Crippen LogP contribution in [0.4, 0.5) is 5.69 Å². The second-order valence-corrected chi connectivity index (χ2v) is 8.48. The van der Waals surface area contributed by atoms with Gasteiger partial charge in [-0.15, -0.1) is 11.3 Å². The molecule has 0 radical (unpaired) electrons. The highest BCUT2D eigenvalue weighted by atomic mass is 32.1. The number of hydrogen-bond acceptors (Lipinski definition) is 4. The molecule has 2 aliphatic rings. The van der Waals surface area contributed by atoms with Crippen LogP contribution in [0.1, 0.15) is 35.8 Å². The van der Waals surface area contributed by atoms with Crippen molar-refractivity contribution in [3.8, 4) is 0 Å². The monoisotopic (exact) mass is 380 g/mol. The Morgan fingerprint density at radius 2 is 1.74 bits per heavy atom. The SMILES string of the molecule is Cc1cccc(N2C(=O)C(c3cccs3)=C(N3CCC(C)CC3)C2=O)c1C. The Hall–Kier alpha value is -2.40. The van der Waals surface area contributed by atoms with Gasteiger partial charge in [-0.2, -0.15) is 0 Å². The van der Waals surface area contributed by atoms with Gasteiger partial charge in [0.25, 0.3) is 11.8 Å². The van der Waals surface area contributed by atoms with Crippen molar-refractivity contribution in [3.63, 3.8) is 0 Å². The van der Waals surface area contributed by atoms with Gasteiger partial charge in [-0.3, -0.25) is 9.59 Å². The van der Waals surface area contributed by atoms with Crippen LogP contribution in [0.25, 0.3) is 5.57 Å². The van der Waals surface area contributed by atoms with Crippen molar-refractivity contribution in [1.82, 2.24) is 4.90 Å². The van der Waals surface area contributed by atoms with E-state index in [1.54, 1.807) is 0 Å². The first-order valence-electron chi connectivity index (χ1n) is 9.47. The molecule has 1 saturated heterocycles. The van der Waals surface area contributed by atoms with Crippen LogP contribution in [0.3, 0.4) is 0 Å². The third-order valence-electron chi connectivity index (χ3n) is 5.74. The molecule has 0 atom stereocenters. The molecule has 0 spiro atoms. The molecule has 0 saturated carbocycles. The van der Waals surface area contributed by atoms with E-state index in [1.165, 1.54) is 16.2 Å². The van der Waals surface area contributed by atoms with Crippen LogP contribution in [0.2, 0.25) is 0 Å². The molecule has 2 aromatic rings. The minimum absolute atomic E-state index is 0.188. The fourth-order valence-electron chi connectivity index (χ4n) is 3.88. The Balaban J connectivity index is 1.81. The molecule has 0 bridgehead atoms. The van der Waals surface area contributed by atoms with Gasteiger partial charge in [-0.25, -0.2) is 4.90 Å². The number of amides is 2. The molecule has 0 N–H and O–H groups in total. The Morgan fingerprint density at radius 3 is 2.41 bits per heavy atom. The summed E-state index contributed by atoms with van der Waals surface area (Å²) in [5, 5.41) is 1.95. The summed E-state index contributed by atoms with van der Waals surface area (Å²) in [6.45, 7) is 7.87. The summed E-state index contributed by atoms with van der Waals surface area (Å²) >= 11 is 1.51. The molecule has 4 nitrogen and oxygen atoms in total. The summed E-state index contributed by atoms with van der Waals surface area (Å²) in [7, 11) is 0. The quantitative estimate of drug-likeness (QED) is 0.742. The number of piperidine rings is 1. The van der Waals surface area contributed by atoms with Crippen LogP contribution >= 0.6 is 11.3 Å². The molecular formula is C22H24N2O2S. The number of benzene rings is 1. The number of hydrogen-bond donors (Lipinski definition) is 0. The zero-order chi connectivity index (χ0) is 19.1. The van der Waals surface area contributed by atoms with Gasteiger partial charge in [0.15, 0.2) is 0 Å². The number of anilines is 1. The number of imide groups is 1. The molecule has 140 valence electrons. The zero-order valence-electron chi connectivity index (χ0n) is 16.0. The topological polar surface area (TPSA) is 40.6 Å².